The van der Waals surface area contributed by atoms with Crippen molar-refractivity contribution < 1.29 is 15.2 Å². The summed E-state index contributed by atoms with van der Waals surface area (Å²) in [7, 11) is -0.922. The molecule has 2 fully saturated rings. The van der Waals surface area contributed by atoms with Crippen molar-refractivity contribution in [2.24, 2.45) is 28.8 Å². The van der Waals surface area contributed by atoms with Crippen molar-refractivity contribution in [2.75, 3.05) is 13.2 Å². The Morgan fingerprint density at radius 3 is 2.83 bits per heavy atom. The number of rotatable bonds is 3. The summed E-state index contributed by atoms with van der Waals surface area (Å²) < 4.78 is 0. The smallest absolute Gasteiger partial charge is 0.428 e. The van der Waals surface area contributed by atoms with Crippen molar-refractivity contribution in [1.82, 2.24) is 14.9 Å². The highest BCUT2D eigenvalue weighted by Crippen LogP contribution is 2.55. The minimum absolute atomic E-state index is 0.0806. The third-order valence-corrected chi connectivity index (χ3v) is 7.46. The van der Waals surface area contributed by atoms with Crippen LogP contribution in [-0.4, -0.2) is 61.6 Å². The van der Waals surface area contributed by atoms with Crippen LogP contribution in [0.15, 0.2) is 23.6 Å². The Bertz CT molecular complexity index is 948. The molecule has 2 bridgehead atoms. The number of β-amino-alcohol motifs (C(OH)–C–C–N with tert-alkyl or cyclic N) is 1. The van der Waals surface area contributed by atoms with Gasteiger partial charge in [0.1, 0.15) is 5.65 Å². The third kappa shape index (κ3) is 3.08. The molecular weight excluding hydrogens is 379 g/mol. The molecule has 4 N–H and O–H groups in total. The topological polar surface area (TPSA) is 105 Å². The average molecular weight is 412 g/mol. The molecule has 30 heavy (non-hydrogen) atoms. The zero-order chi connectivity index (χ0) is 21.6. The van der Waals surface area contributed by atoms with Crippen LogP contribution in [-0.2, 0) is 0 Å². The van der Waals surface area contributed by atoms with Crippen LogP contribution in [0.4, 0.5) is 0 Å². The summed E-state index contributed by atoms with van der Waals surface area (Å²) >= 11 is 0. The first-order chi connectivity index (χ1) is 14.4. The van der Waals surface area contributed by atoms with Gasteiger partial charge in [0.15, 0.2) is 0 Å². The summed E-state index contributed by atoms with van der Waals surface area (Å²) in [6.07, 6.45) is 6.19. The molecule has 162 valence electrons. The molecule has 0 spiro atoms. The molecule has 7 nitrogen and oxygen atoms in total. The number of nitrogens with one attached hydrogen (secondary N) is 1. The second-order valence-electron chi connectivity index (χ2n) is 8.88. The average Bonchev–Trinajstić information content (AvgIpc) is 3.29. The van der Waals surface area contributed by atoms with Crippen molar-refractivity contribution in [3.8, 4) is 0 Å². The van der Waals surface area contributed by atoms with Gasteiger partial charge >= 0.3 is 7.05 Å². The van der Waals surface area contributed by atoms with Crippen LogP contribution in [0.1, 0.15) is 52.5 Å². The number of hydrogen-bond acceptors (Lipinski definition) is 6. The van der Waals surface area contributed by atoms with Gasteiger partial charge in [-0.15, -0.1) is 0 Å². The van der Waals surface area contributed by atoms with E-state index in [2.05, 4.69) is 23.8 Å². The van der Waals surface area contributed by atoms with E-state index < -0.39 is 12.7 Å². The Balaban J connectivity index is 0.00000106. The highest BCUT2D eigenvalue weighted by molar-refractivity contribution is 6.66. The van der Waals surface area contributed by atoms with Gasteiger partial charge in [-0.05, 0) is 43.1 Å². The molecule has 8 heteroatoms. The first kappa shape index (κ1) is 21.3. The van der Waals surface area contributed by atoms with E-state index in [1.165, 1.54) is 0 Å². The van der Waals surface area contributed by atoms with E-state index in [1.54, 1.807) is 11.1 Å². The van der Waals surface area contributed by atoms with Crippen LogP contribution in [0.3, 0.4) is 0 Å². The highest BCUT2D eigenvalue weighted by Gasteiger charge is 2.56. The van der Waals surface area contributed by atoms with Gasteiger partial charge in [0, 0.05) is 41.3 Å². The molecule has 5 atom stereocenters. The second-order valence-corrected chi connectivity index (χ2v) is 8.88. The van der Waals surface area contributed by atoms with E-state index in [1.807, 2.05) is 26.1 Å². The Morgan fingerprint density at radius 1 is 1.33 bits per heavy atom. The quantitative estimate of drug-likeness (QED) is 0.575. The molecule has 3 aliphatic rings. The van der Waals surface area contributed by atoms with Gasteiger partial charge in [-0.25, -0.2) is 4.98 Å². The molecule has 3 heterocycles. The number of aliphatic hydroxyl groups excluding tert-OH is 1. The number of pyridine rings is 1. The van der Waals surface area contributed by atoms with Crippen molar-refractivity contribution >= 4 is 29.3 Å². The largest absolute Gasteiger partial charge is 0.468 e. The number of hydrazone groups is 1. The molecule has 2 aromatic rings. The molecule has 5 rings (SSSR count). The maximum Gasteiger partial charge on any atom is 0.468 e. The lowest BCUT2D eigenvalue weighted by atomic mass is 9.60. The minimum Gasteiger partial charge on any atom is -0.428 e. The molecule has 0 aromatic carbocycles. The molecule has 0 saturated heterocycles. The Hall–Kier alpha value is -1.90. The van der Waals surface area contributed by atoms with E-state index in [-0.39, 0.29) is 30.9 Å². The van der Waals surface area contributed by atoms with Gasteiger partial charge in [0.05, 0.1) is 17.9 Å². The zero-order valence-corrected chi connectivity index (χ0v) is 18.3. The summed E-state index contributed by atoms with van der Waals surface area (Å²) in [5.74, 6) is 1.06. The maximum absolute atomic E-state index is 11.1. The van der Waals surface area contributed by atoms with E-state index >= 15 is 0 Å². The molecule has 2 saturated carbocycles. The number of nitrogens with zero attached hydrogens (tertiary/aromatic N) is 3. The SMILES string of the molecule is CC.CC1C2CC[C@@]1(O)C[C@@H](C)[C@@H]2C1=NN(CCO)B(O)c2cnc3[nH]ccc3c21. The number of H-pyrrole nitrogens is 1. The molecule has 0 amide bonds. The number of hydrogen-bond donors (Lipinski definition) is 4. The van der Waals surface area contributed by atoms with Crippen LogP contribution in [0.2, 0.25) is 0 Å². The van der Waals surface area contributed by atoms with Crippen molar-refractivity contribution in [2.45, 2.75) is 52.6 Å². The fourth-order valence-electron chi connectivity index (χ4n) is 6.07. The normalized spacial score (nSPS) is 32.6. The molecule has 2 aromatic heterocycles. The number of aromatic amines is 1. The van der Waals surface area contributed by atoms with Gasteiger partial charge in [-0.2, -0.15) is 5.10 Å². The van der Waals surface area contributed by atoms with Crippen LogP contribution in [0.5, 0.6) is 0 Å². The predicted octanol–water partition coefficient (Wildman–Crippen LogP) is 1.72. The fraction of sp³-hybridized carbons (Fsp3) is 0.636. The molecule has 0 radical (unpaired) electrons. The van der Waals surface area contributed by atoms with E-state index in [0.717, 1.165) is 47.0 Å². The predicted molar refractivity (Wildman–Crippen MR) is 119 cm³/mol. The monoisotopic (exact) mass is 412 g/mol. The van der Waals surface area contributed by atoms with Gasteiger partial charge in [-0.1, -0.05) is 27.7 Å². The van der Waals surface area contributed by atoms with Gasteiger partial charge in [-0.3, -0.25) is 0 Å². The number of aliphatic hydroxyl groups is 2. The van der Waals surface area contributed by atoms with Crippen LogP contribution >= 0.6 is 0 Å². The Labute approximate surface area is 178 Å². The first-order valence-corrected chi connectivity index (χ1v) is 11.3. The van der Waals surface area contributed by atoms with Crippen LogP contribution in [0.25, 0.3) is 11.0 Å². The second kappa shape index (κ2) is 7.98. The lowest BCUT2D eigenvalue weighted by molar-refractivity contribution is -0.0533. The Morgan fingerprint density at radius 2 is 2.10 bits per heavy atom. The third-order valence-electron chi connectivity index (χ3n) is 7.46. The van der Waals surface area contributed by atoms with Crippen LogP contribution in [0, 0.1) is 23.7 Å². The first-order valence-electron chi connectivity index (χ1n) is 11.3. The van der Waals surface area contributed by atoms with E-state index in [4.69, 9.17) is 5.10 Å². The summed E-state index contributed by atoms with van der Waals surface area (Å²) in [5, 5.41) is 37.3. The molecule has 2 unspecified atom stereocenters. The zero-order valence-electron chi connectivity index (χ0n) is 18.3. The van der Waals surface area contributed by atoms with E-state index in [9.17, 15) is 15.2 Å². The van der Waals surface area contributed by atoms with Crippen LogP contribution < -0.4 is 5.46 Å². The minimum atomic E-state index is -0.922. The Kier molecular flexibility index (Phi) is 5.68. The molecule has 2 aliphatic carbocycles. The van der Waals surface area contributed by atoms with Gasteiger partial charge in [0.25, 0.3) is 0 Å². The molecular formula is C22H33BN4O3. The summed E-state index contributed by atoms with van der Waals surface area (Å²) in [4.78, 5) is 9.21. The van der Waals surface area contributed by atoms with Gasteiger partial charge < -0.3 is 25.1 Å². The summed E-state index contributed by atoms with van der Waals surface area (Å²) in [5.41, 5.74) is 2.89. The number of aromatic nitrogens is 2. The molecule has 1 aliphatic heterocycles. The van der Waals surface area contributed by atoms with E-state index in [0.29, 0.717) is 5.92 Å². The van der Waals surface area contributed by atoms with Gasteiger partial charge in [0.2, 0.25) is 0 Å². The van der Waals surface area contributed by atoms with Crippen molar-refractivity contribution in [1.29, 1.82) is 0 Å². The maximum atomic E-state index is 11.1. The fourth-order valence-corrected chi connectivity index (χ4v) is 6.07. The summed E-state index contributed by atoms with van der Waals surface area (Å²) in [6, 6.07) is 1.99. The lowest BCUT2D eigenvalue weighted by Crippen LogP contribution is -2.55. The number of fused-ring (bicyclic) bond motifs is 5. The standard InChI is InChI=1S/C20H27BN4O3.C2H6/c1-11-9-20(27)5-3-13(12(20)2)16(11)18-17-14-4-6-22-19(14)23-10-15(17)21(28)25(24-18)7-8-26;1-2/h4,6,10-13,16,26-28H,3,5,7-9H2,1-2H3,(H,22,23);1-2H3/t11-,12?,13?,16+,20-;/m1./s1. The highest BCUT2D eigenvalue weighted by atomic mass is 16.3. The van der Waals surface area contributed by atoms with Crippen molar-refractivity contribution in [3.63, 3.8) is 0 Å². The summed E-state index contributed by atoms with van der Waals surface area (Å²) in [6.45, 7) is 8.56. The van der Waals surface area contributed by atoms with Crippen molar-refractivity contribution in [3.05, 3.63) is 24.0 Å². The lowest BCUT2D eigenvalue weighted by Gasteiger charge is -2.45.